The van der Waals surface area contributed by atoms with Crippen LogP contribution in [-0.2, 0) is 14.8 Å². The van der Waals surface area contributed by atoms with Gasteiger partial charge in [0.05, 0.1) is 18.6 Å². The monoisotopic (exact) mass is 467 g/mol. The van der Waals surface area contributed by atoms with Gasteiger partial charge in [0.15, 0.2) is 11.5 Å². The summed E-state index contributed by atoms with van der Waals surface area (Å²) >= 11 is 0. The highest BCUT2D eigenvalue weighted by atomic mass is 32.2. The van der Waals surface area contributed by atoms with Crippen LogP contribution < -0.4 is 19.5 Å². The molecule has 0 bridgehead atoms. The second-order valence-corrected chi connectivity index (χ2v) is 8.61. The fraction of sp³-hybridized carbons (Fsp3) is 0.167. The minimum atomic E-state index is -3.78. The normalized spacial score (nSPS) is 11.2. The van der Waals surface area contributed by atoms with Crippen molar-refractivity contribution in [2.24, 2.45) is 0 Å². The van der Waals surface area contributed by atoms with Crippen molar-refractivity contribution in [2.75, 3.05) is 23.8 Å². The quantitative estimate of drug-likeness (QED) is 0.430. The Labute approximate surface area is 193 Å². The number of anilines is 2. The molecule has 1 heterocycles. The molecule has 0 spiro atoms. The van der Waals surface area contributed by atoms with Gasteiger partial charge in [0.1, 0.15) is 5.82 Å². The Bertz CT molecular complexity index is 1210. The zero-order valence-corrected chi connectivity index (χ0v) is 19.1. The average Bonchev–Trinajstić information content (AvgIpc) is 2.82. The van der Waals surface area contributed by atoms with E-state index in [-0.39, 0.29) is 16.6 Å². The Hall–Kier alpha value is -3.85. The number of hydrogen-bond acceptors (Lipinski definition) is 6. The van der Waals surface area contributed by atoms with Crippen LogP contribution in [0.1, 0.15) is 18.9 Å². The molecule has 0 atom stereocenters. The van der Waals surface area contributed by atoms with E-state index in [2.05, 4.69) is 15.0 Å². The van der Waals surface area contributed by atoms with Crippen LogP contribution in [-0.4, -0.2) is 33.0 Å². The number of ether oxygens (including phenoxy) is 2. The highest BCUT2D eigenvalue weighted by Crippen LogP contribution is 2.28. The molecule has 2 N–H and O–H groups in total. The van der Waals surface area contributed by atoms with Crippen LogP contribution in [0.5, 0.6) is 11.5 Å². The van der Waals surface area contributed by atoms with Crippen molar-refractivity contribution in [1.82, 2.24) is 4.98 Å². The molecule has 0 aliphatic rings. The summed E-state index contributed by atoms with van der Waals surface area (Å²) < 4.78 is 38.3. The Kier molecular flexibility index (Phi) is 8.04. The van der Waals surface area contributed by atoms with E-state index in [1.165, 1.54) is 36.5 Å². The molecule has 3 rings (SSSR count). The van der Waals surface area contributed by atoms with Crippen LogP contribution in [0.15, 0.2) is 77.8 Å². The number of carbonyl (C=O) groups excluding carboxylic acids is 1. The molecule has 3 aromatic rings. The standard InChI is InChI=1S/C24H25N3O5S/c1-3-16-32-21-13-7-18(17-22(21)31-2)8-14-24(28)26-19-9-11-20(12-10-19)33(29,30)27-23-6-4-5-15-25-23/h4-15,17H,3,16H2,1-2H3,(H,25,27)(H,26,28). The number of amides is 1. The van der Waals surface area contributed by atoms with Gasteiger partial charge in [0, 0.05) is 18.0 Å². The maximum Gasteiger partial charge on any atom is 0.263 e. The third-order valence-corrected chi connectivity index (χ3v) is 5.78. The number of nitrogens with zero attached hydrogens (tertiary/aromatic N) is 1. The Morgan fingerprint density at radius 1 is 1.06 bits per heavy atom. The van der Waals surface area contributed by atoms with Gasteiger partial charge < -0.3 is 14.8 Å². The molecule has 0 aliphatic carbocycles. The van der Waals surface area contributed by atoms with E-state index >= 15 is 0 Å². The molecule has 9 heteroatoms. The molecule has 2 aromatic carbocycles. The van der Waals surface area contributed by atoms with Gasteiger partial charge >= 0.3 is 0 Å². The first-order valence-electron chi connectivity index (χ1n) is 10.2. The van der Waals surface area contributed by atoms with Crippen LogP contribution in [0.3, 0.4) is 0 Å². The topological polar surface area (TPSA) is 107 Å². The Morgan fingerprint density at radius 2 is 1.85 bits per heavy atom. The molecule has 0 radical (unpaired) electrons. The van der Waals surface area contributed by atoms with Crippen molar-refractivity contribution < 1.29 is 22.7 Å². The molecule has 172 valence electrons. The Morgan fingerprint density at radius 3 is 2.52 bits per heavy atom. The summed E-state index contributed by atoms with van der Waals surface area (Å²) in [6, 6.07) is 16.2. The third-order valence-electron chi connectivity index (χ3n) is 4.41. The summed E-state index contributed by atoms with van der Waals surface area (Å²) in [5, 5.41) is 2.70. The zero-order chi connectivity index (χ0) is 23.7. The number of hydrogen-bond donors (Lipinski definition) is 2. The second kappa shape index (κ2) is 11.1. The summed E-state index contributed by atoms with van der Waals surface area (Å²) in [6.07, 6.45) is 5.42. The van der Waals surface area contributed by atoms with E-state index in [1.54, 1.807) is 43.5 Å². The van der Waals surface area contributed by atoms with Gasteiger partial charge in [-0.1, -0.05) is 19.1 Å². The lowest BCUT2D eigenvalue weighted by molar-refractivity contribution is -0.111. The van der Waals surface area contributed by atoms with Crippen LogP contribution in [0, 0.1) is 0 Å². The first kappa shape index (κ1) is 23.8. The van der Waals surface area contributed by atoms with E-state index in [0.29, 0.717) is 23.8 Å². The first-order chi connectivity index (χ1) is 15.9. The van der Waals surface area contributed by atoms with Crippen molar-refractivity contribution >= 4 is 33.5 Å². The molecule has 0 saturated heterocycles. The van der Waals surface area contributed by atoms with Crippen LogP contribution in [0.4, 0.5) is 11.5 Å². The predicted octanol–water partition coefficient (Wildman–Crippen LogP) is 4.33. The number of benzene rings is 2. The van der Waals surface area contributed by atoms with Crippen molar-refractivity contribution in [3.8, 4) is 11.5 Å². The van der Waals surface area contributed by atoms with E-state index in [1.807, 2.05) is 13.0 Å². The number of carbonyl (C=O) groups is 1. The first-order valence-corrected chi connectivity index (χ1v) is 11.7. The number of nitrogens with one attached hydrogen (secondary N) is 2. The molecular formula is C24H25N3O5S. The highest BCUT2D eigenvalue weighted by Gasteiger charge is 2.14. The summed E-state index contributed by atoms with van der Waals surface area (Å²) in [5.74, 6) is 1.10. The van der Waals surface area contributed by atoms with Crippen LogP contribution >= 0.6 is 0 Å². The van der Waals surface area contributed by atoms with Gasteiger partial charge in [-0.3, -0.25) is 9.52 Å². The van der Waals surface area contributed by atoms with Crippen molar-refractivity contribution in [3.63, 3.8) is 0 Å². The third kappa shape index (κ3) is 6.81. The summed E-state index contributed by atoms with van der Waals surface area (Å²) in [4.78, 5) is 16.3. The number of aromatic nitrogens is 1. The van der Waals surface area contributed by atoms with Crippen molar-refractivity contribution in [3.05, 3.63) is 78.5 Å². The largest absolute Gasteiger partial charge is 0.493 e. The number of pyridine rings is 1. The van der Waals surface area contributed by atoms with Crippen molar-refractivity contribution in [1.29, 1.82) is 0 Å². The highest BCUT2D eigenvalue weighted by molar-refractivity contribution is 7.92. The van der Waals surface area contributed by atoms with Crippen LogP contribution in [0.25, 0.3) is 6.08 Å². The lowest BCUT2D eigenvalue weighted by Gasteiger charge is -2.10. The van der Waals surface area contributed by atoms with Gasteiger partial charge in [-0.05, 0) is 66.6 Å². The second-order valence-electron chi connectivity index (χ2n) is 6.93. The minimum absolute atomic E-state index is 0.0548. The zero-order valence-electron chi connectivity index (χ0n) is 18.3. The lowest BCUT2D eigenvalue weighted by Crippen LogP contribution is -2.14. The lowest BCUT2D eigenvalue weighted by atomic mass is 10.2. The number of methoxy groups -OCH3 is 1. The molecule has 0 unspecified atom stereocenters. The smallest absolute Gasteiger partial charge is 0.263 e. The maximum atomic E-state index is 12.5. The van der Waals surface area contributed by atoms with Gasteiger partial charge in [0.25, 0.3) is 10.0 Å². The van der Waals surface area contributed by atoms with Gasteiger partial charge in [0.2, 0.25) is 5.91 Å². The number of rotatable bonds is 10. The molecule has 1 aromatic heterocycles. The molecule has 8 nitrogen and oxygen atoms in total. The van der Waals surface area contributed by atoms with E-state index in [0.717, 1.165) is 12.0 Å². The van der Waals surface area contributed by atoms with Gasteiger partial charge in [-0.25, -0.2) is 13.4 Å². The predicted molar refractivity (Wildman–Crippen MR) is 128 cm³/mol. The van der Waals surface area contributed by atoms with Crippen molar-refractivity contribution in [2.45, 2.75) is 18.2 Å². The van der Waals surface area contributed by atoms with Crippen LogP contribution in [0.2, 0.25) is 0 Å². The molecule has 33 heavy (non-hydrogen) atoms. The molecule has 0 saturated carbocycles. The average molecular weight is 468 g/mol. The Balaban J connectivity index is 1.62. The molecule has 1 amide bonds. The van der Waals surface area contributed by atoms with E-state index in [9.17, 15) is 13.2 Å². The summed E-state index contributed by atoms with van der Waals surface area (Å²) in [5.41, 5.74) is 1.23. The molecule has 0 fully saturated rings. The SMILES string of the molecule is CCCOc1ccc(C=CC(=O)Nc2ccc(S(=O)(=O)Nc3ccccn3)cc2)cc1OC. The summed E-state index contributed by atoms with van der Waals surface area (Å²) in [6.45, 7) is 2.61. The minimum Gasteiger partial charge on any atom is -0.493 e. The van der Waals surface area contributed by atoms with Gasteiger partial charge in [-0.2, -0.15) is 0 Å². The van der Waals surface area contributed by atoms with Gasteiger partial charge in [-0.15, -0.1) is 0 Å². The summed E-state index contributed by atoms with van der Waals surface area (Å²) in [7, 11) is -2.22. The maximum absolute atomic E-state index is 12.5. The van der Waals surface area contributed by atoms with E-state index in [4.69, 9.17) is 9.47 Å². The molecular weight excluding hydrogens is 442 g/mol. The number of sulfonamides is 1. The molecule has 0 aliphatic heterocycles. The fourth-order valence-electron chi connectivity index (χ4n) is 2.81. The van der Waals surface area contributed by atoms with E-state index < -0.39 is 10.0 Å². The fourth-order valence-corrected chi connectivity index (χ4v) is 3.82.